The molecule has 1 N–H and O–H groups in total. The van der Waals surface area contributed by atoms with Gasteiger partial charge >= 0.3 is 0 Å². The molecule has 0 aliphatic heterocycles. The Morgan fingerprint density at radius 1 is 1.20 bits per heavy atom. The van der Waals surface area contributed by atoms with E-state index in [0.717, 1.165) is 0 Å². The van der Waals surface area contributed by atoms with Gasteiger partial charge in [-0.15, -0.1) is 0 Å². The van der Waals surface area contributed by atoms with Gasteiger partial charge in [-0.1, -0.05) is 41.1 Å². The van der Waals surface area contributed by atoms with Crippen molar-refractivity contribution in [2.45, 2.75) is 0 Å². The van der Waals surface area contributed by atoms with E-state index < -0.39 is 5.82 Å². The van der Waals surface area contributed by atoms with Crippen molar-refractivity contribution in [1.82, 2.24) is 4.98 Å². The van der Waals surface area contributed by atoms with Crippen LogP contribution in [0.1, 0.15) is 10.4 Å². The van der Waals surface area contributed by atoms with Gasteiger partial charge in [-0.05, 0) is 24.3 Å². The number of nitrogens with one attached hydrogen (secondary N) is 1. The van der Waals surface area contributed by atoms with Gasteiger partial charge in [0, 0.05) is 0 Å². The third-order valence-electron chi connectivity index (χ3n) is 2.71. The summed E-state index contributed by atoms with van der Waals surface area (Å²) in [6.45, 7) is 0. The van der Waals surface area contributed by atoms with E-state index in [1.807, 2.05) is 0 Å². The number of hydrogen-bond donors (Lipinski definition) is 1. The molecule has 6 heteroatoms. The summed E-state index contributed by atoms with van der Waals surface area (Å²) in [7, 11) is 0. The molecule has 0 unspecified atom stereocenters. The second kappa shape index (κ2) is 5.19. The van der Waals surface area contributed by atoms with Crippen molar-refractivity contribution in [3.05, 3.63) is 58.9 Å². The van der Waals surface area contributed by atoms with Gasteiger partial charge in [0.25, 0.3) is 5.91 Å². The van der Waals surface area contributed by atoms with Gasteiger partial charge < -0.3 is 0 Å². The highest BCUT2D eigenvalue weighted by Crippen LogP contribution is 2.28. The number of aromatic nitrogens is 1. The molecule has 1 aromatic heterocycles. The molecule has 0 saturated heterocycles. The van der Waals surface area contributed by atoms with Crippen LogP contribution in [0, 0.1) is 5.82 Å². The molecule has 2 aromatic carbocycles. The largest absolute Gasteiger partial charge is 0.298 e. The first-order valence-electron chi connectivity index (χ1n) is 5.76. The lowest BCUT2D eigenvalue weighted by Crippen LogP contribution is -2.12. The Kier molecular flexibility index (Phi) is 3.38. The lowest BCUT2D eigenvalue weighted by Gasteiger charge is -2.02. The van der Waals surface area contributed by atoms with Crippen LogP contribution in [0.25, 0.3) is 10.2 Å². The number of fused-ring (bicyclic) bond motifs is 1. The smallest absolute Gasteiger partial charge is 0.258 e. The molecule has 0 radical (unpaired) electrons. The second-order valence-electron chi connectivity index (χ2n) is 4.04. The number of anilines is 1. The number of carbonyl (C=O) groups excluding carboxylic acids is 1. The minimum atomic E-state index is -0.406. The van der Waals surface area contributed by atoms with Crippen LogP contribution in [0.5, 0.6) is 0 Å². The third-order valence-corrected chi connectivity index (χ3v) is 3.97. The van der Waals surface area contributed by atoms with Crippen LogP contribution in [-0.2, 0) is 0 Å². The average Bonchev–Trinajstić information content (AvgIpc) is 2.83. The van der Waals surface area contributed by atoms with Crippen molar-refractivity contribution >= 4 is 44.2 Å². The Morgan fingerprint density at radius 3 is 2.75 bits per heavy atom. The molecule has 0 aliphatic carbocycles. The normalized spacial score (nSPS) is 10.7. The zero-order chi connectivity index (χ0) is 14.1. The van der Waals surface area contributed by atoms with Gasteiger partial charge in [-0.25, -0.2) is 9.37 Å². The van der Waals surface area contributed by atoms with Crippen LogP contribution >= 0.6 is 22.9 Å². The van der Waals surface area contributed by atoms with E-state index in [1.165, 1.54) is 17.4 Å². The van der Waals surface area contributed by atoms with Crippen LogP contribution in [-0.4, -0.2) is 10.9 Å². The first kappa shape index (κ1) is 13.0. The molecule has 0 fully saturated rings. The van der Waals surface area contributed by atoms with Gasteiger partial charge in [-0.3, -0.25) is 10.1 Å². The topological polar surface area (TPSA) is 42.0 Å². The van der Waals surface area contributed by atoms with Crippen molar-refractivity contribution in [3.8, 4) is 0 Å². The predicted octanol–water partition coefficient (Wildman–Crippen LogP) is 4.34. The van der Waals surface area contributed by atoms with E-state index in [2.05, 4.69) is 10.3 Å². The van der Waals surface area contributed by atoms with E-state index in [4.69, 9.17) is 11.6 Å². The fraction of sp³-hybridized carbons (Fsp3) is 0. The molecule has 0 bridgehead atoms. The maximum Gasteiger partial charge on any atom is 0.258 e. The molecule has 0 spiro atoms. The van der Waals surface area contributed by atoms with Gasteiger partial charge in [0.15, 0.2) is 5.13 Å². The van der Waals surface area contributed by atoms with Crippen LogP contribution < -0.4 is 5.32 Å². The Bertz CT molecular complexity index is 803. The highest BCUT2D eigenvalue weighted by molar-refractivity contribution is 7.22. The molecule has 20 heavy (non-hydrogen) atoms. The van der Waals surface area contributed by atoms with Crippen LogP contribution in [0.4, 0.5) is 9.52 Å². The summed E-state index contributed by atoms with van der Waals surface area (Å²) in [6.07, 6.45) is 0. The number of nitrogens with zero attached hydrogens (tertiary/aromatic N) is 1. The lowest BCUT2D eigenvalue weighted by atomic mass is 10.2. The molecule has 1 heterocycles. The van der Waals surface area contributed by atoms with E-state index in [1.54, 1.807) is 36.4 Å². The Morgan fingerprint density at radius 2 is 2.00 bits per heavy atom. The summed E-state index contributed by atoms with van der Waals surface area (Å²) in [5.74, 6) is -0.771. The number of amides is 1. The Balaban J connectivity index is 1.92. The number of benzene rings is 2. The number of carbonyl (C=O) groups is 1. The van der Waals surface area contributed by atoms with Gasteiger partial charge in [0.1, 0.15) is 11.3 Å². The first-order valence-corrected chi connectivity index (χ1v) is 6.95. The van der Waals surface area contributed by atoms with E-state index in [-0.39, 0.29) is 11.4 Å². The number of rotatable bonds is 2. The van der Waals surface area contributed by atoms with Crippen molar-refractivity contribution in [3.63, 3.8) is 0 Å². The standard InChI is InChI=1S/C14H8ClFN2OS/c15-9-5-2-1-4-8(9)13(19)18-14-17-12-10(16)6-3-7-11(12)20-14/h1-7H,(H,17,18,19). The molecule has 0 saturated carbocycles. The Hall–Kier alpha value is -1.98. The SMILES string of the molecule is O=C(Nc1nc2c(F)cccc2s1)c1ccccc1Cl. The monoisotopic (exact) mass is 306 g/mol. The minimum absolute atomic E-state index is 0.256. The van der Waals surface area contributed by atoms with Crippen molar-refractivity contribution in [1.29, 1.82) is 0 Å². The van der Waals surface area contributed by atoms with Crippen molar-refractivity contribution in [2.24, 2.45) is 0 Å². The number of hydrogen-bond acceptors (Lipinski definition) is 3. The van der Waals surface area contributed by atoms with E-state index >= 15 is 0 Å². The van der Waals surface area contributed by atoms with Crippen LogP contribution in [0.2, 0.25) is 5.02 Å². The van der Waals surface area contributed by atoms with Crippen LogP contribution in [0.3, 0.4) is 0 Å². The highest BCUT2D eigenvalue weighted by atomic mass is 35.5. The zero-order valence-electron chi connectivity index (χ0n) is 10.1. The molecular weight excluding hydrogens is 299 g/mol. The summed E-state index contributed by atoms with van der Waals surface area (Å²) in [5.41, 5.74) is 0.612. The van der Waals surface area contributed by atoms with Crippen molar-refractivity contribution < 1.29 is 9.18 Å². The first-order chi connectivity index (χ1) is 9.65. The highest BCUT2D eigenvalue weighted by Gasteiger charge is 2.13. The van der Waals surface area contributed by atoms with Crippen LogP contribution in [0.15, 0.2) is 42.5 Å². The summed E-state index contributed by atoms with van der Waals surface area (Å²) < 4.78 is 14.2. The number of halogens is 2. The summed E-state index contributed by atoms with van der Waals surface area (Å²) >= 11 is 7.17. The number of para-hydroxylation sites is 1. The van der Waals surface area contributed by atoms with Gasteiger partial charge in [-0.2, -0.15) is 0 Å². The van der Waals surface area contributed by atoms with Crippen molar-refractivity contribution in [2.75, 3.05) is 5.32 Å². The van der Waals surface area contributed by atoms with Gasteiger partial charge in [0.05, 0.1) is 15.3 Å². The zero-order valence-corrected chi connectivity index (χ0v) is 11.6. The molecule has 3 aromatic rings. The molecule has 100 valence electrons. The maximum absolute atomic E-state index is 13.5. The maximum atomic E-state index is 13.5. The fourth-order valence-corrected chi connectivity index (χ4v) is 2.88. The lowest BCUT2D eigenvalue weighted by molar-refractivity contribution is 0.102. The quantitative estimate of drug-likeness (QED) is 0.765. The molecule has 0 atom stereocenters. The molecule has 0 aliphatic rings. The average molecular weight is 307 g/mol. The predicted molar refractivity (Wildman–Crippen MR) is 79.0 cm³/mol. The van der Waals surface area contributed by atoms with E-state index in [0.29, 0.717) is 20.4 Å². The number of thiazole rings is 1. The second-order valence-corrected chi connectivity index (χ2v) is 5.48. The summed E-state index contributed by atoms with van der Waals surface area (Å²) in [4.78, 5) is 16.1. The summed E-state index contributed by atoms with van der Waals surface area (Å²) in [5, 5.41) is 3.33. The van der Waals surface area contributed by atoms with Gasteiger partial charge in [0.2, 0.25) is 0 Å². The fourth-order valence-electron chi connectivity index (χ4n) is 1.78. The molecule has 3 nitrogen and oxygen atoms in total. The van der Waals surface area contributed by atoms with E-state index in [9.17, 15) is 9.18 Å². The Labute approximate surface area is 123 Å². The summed E-state index contributed by atoms with van der Waals surface area (Å²) in [6, 6.07) is 11.4. The molecule has 3 rings (SSSR count). The minimum Gasteiger partial charge on any atom is -0.298 e. The molecular formula is C14H8ClFN2OS. The third kappa shape index (κ3) is 2.37. The molecule has 1 amide bonds.